The second-order valence-corrected chi connectivity index (χ2v) is 11.0. The van der Waals surface area contributed by atoms with Gasteiger partial charge in [0.05, 0.1) is 28.6 Å². The molecule has 0 unspecified atom stereocenters. The van der Waals surface area contributed by atoms with Crippen LogP contribution in [0.25, 0.3) is 27.8 Å². The van der Waals surface area contributed by atoms with Crippen molar-refractivity contribution in [1.29, 1.82) is 0 Å². The number of halogens is 3. The first kappa shape index (κ1) is 29.4. The van der Waals surface area contributed by atoms with E-state index in [4.69, 9.17) is 4.74 Å². The number of carboxylic acids is 1. The summed E-state index contributed by atoms with van der Waals surface area (Å²) in [4.78, 5) is 18.9. The van der Waals surface area contributed by atoms with Gasteiger partial charge < -0.3 is 24.6 Å². The Morgan fingerprint density at radius 3 is 2.43 bits per heavy atom. The molecule has 0 atom stereocenters. The van der Waals surface area contributed by atoms with Crippen molar-refractivity contribution in [2.75, 3.05) is 32.5 Å². The maximum atomic E-state index is 13.1. The summed E-state index contributed by atoms with van der Waals surface area (Å²) in [5, 5.41) is 14.4. The van der Waals surface area contributed by atoms with Gasteiger partial charge in [0.2, 0.25) is 0 Å². The van der Waals surface area contributed by atoms with Gasteiger partial charge in [0.1, 0.15) is 5.75 Å². The molecule has 0 spiro atoms. The Morgan fingerprint density at radius 1 is 1.07 bits per heavy atom. The van der Waals surface area contributed by atoms with Crippen molar-refractivity contribution in [1.82, 2.24) is 14.5 Å². The fourth-order valence-corrected chi connectivity index (χ4v) is 5.47. The number of rotatable bonds is 11. The van der Waals surface area contributed by atoms with Crippen LogP contribution in [-0.4, -0.2) is 58.8 Å². The van der Waals surface area contributed by atoms with E-state index in [-0.39, 0.29) is 11.8 Å². The van der Waals surface area contributed by atoms with Crippen LogP contribution >= 0.6 is 0 Å². The number of benzene rings is 2. The molecule has 222 valence electrons. The maximum Gasteiger partial charge on any atom is 0.417 e. The van der Waals surface area contributed by atoms with Crippen molar-refractivity contribution in [3.05, 3.63) is 72.1 Å². The third-order valence-electron chi connectivity index (χ3n) is 7.59. The molecule has 0 saturated heterocycles. The van der Waals surface area contributed by atoms with Crippen LogP contribution < -0.4 is 10.1 Å². The third kappa shape index (κ3) is 6.54. The van der Waals surface area contributed by atoms with Crippen LogP contribution in [0.3, 0.4) is 0 Å². The van der Waals surface area contributed by atoms with E-state index in [1.165, 1.54) is 6.07 Å². The number of alkyl halides is 3. The Labute approximate surface area is 242 Å². The molecule has 2 aromatic heterocycles. The normalized spacial score (nSPS) is 14.1. The number of nitrogens with one attached hydrogen (secondary N) is 1. The molecule has 4 aromatic rings. The number of carbonyl (C=O) groups is 1. The topological polar surface area (TPSA) is 79.6 Å². The van der Waals surface area contributed by atoms with E-state index in [9.17, 15) is 23.1 Å². The summed E-state index contributed by atoms with van der Waals surface area (Å²) in [6.07, 6.45) is 2.70. The summed E-state index contributed by atoms with van der Waals surface area (Å²) >= 11 is 0. The Balaban J connectivity index is 1.55. The molecule has 1 fully saturated rings. The summed E-state index contributed by atoms with van der Waals surface area (Å²) in [6.45, 7) is 1.47. The lowest BCUT2D eigenvalue weighted by Gasteiger charge is -2.14. The highest BCUT2D eigenvalue weighted by atomic mass is 19.4. The molecular formula is C32H35F3N4O3. The number of fused-ring (bicyclic) bond motifs is 1. The van der Waals surface area contributed by atoms with Crippen molar-refractivity contribution in [3.63, 3.8) is 0 Å². The average molecular weight is 581 g/mol. The molecular weight excluding hydrogens is 545 g/mol. The summed E-state index contributed by atoms with van der Waals surface area (Å²) in [7, 11) is 4.01. The quantitative estimate of drug-likeness (QED) is 0.179. The third-order valence-corrected chi connectivity index (χ3v) is 7.59. The molecule has 2 aromatic carbocycles. The predicted molar refractivity (Wildman–Crippen MR) is 158 cm³/mol. The first-order chi connectivity index (χ1) is 20.1. The van der Waals surface area contributed by atoms with Gasteiger partial charge in [-0.15, -0.1) is 0 Å². The summed E-state index contributed by atoms with van der Waals surface area (Å²) in [5.41, 5.74) is 1.98. The molecule has 42 heavy (non-hydrogen) atoms. The van der Waals surface area contributed by atoms with E-state index < -0.39 is 17.7 Å². The lowest BCUT2D eigenvalue weighted by Crippen LogP contribution is -2.15. The van der Waals surface area contributed by atoms with Crippen LogP contribution in [0.15, 0.2) is 60.8 Å². The zero-order chi connectivity index (χ0) is 29.9. The van der Waals surface area contributed by atoms with Crippen molar-refractivity contribution >= 4 is 22.6 Å². The molecule has 1 saturated carbocycles. The van der Waals surface area contributed by atoms with Gasteiger partial charge in [0, 0.05) is 29.4 Å². The molecule has 2 N–H and O–H groups in total. The van der Waals surface area contributed by atoms with Gasteiger partial charge >= 0.3 is 12.1 Å². The van der Waals surface area contributed by atoms with Gasteiger partial charge in [0.25, 0.3) is 0 Å². The van der Waals surface area contributed by atoms with E-state index in [2.05, 4.69) is 15.2 Å². The van der Waals surface area contributed by atoms with E-state index in [1.807, 2.05) is 38.4 Å². The molecule has 0 amide bonds. The number of unbranched alkanes of at least 4 members (excludes halogenated alkanes) is 1. The van der Waals surface area contributed by atoms with Gasteiger partial charge in [-0.25, -0.2) is 4.79 Å². The van der Waals surface area contributed by atoms with E-state index >= 15 is 0 Å². The van der Waals surface area contributed by atoms with Crippen molar-refractivity contribution < 1.29 is 27.8 Å². The maximum absolute atomic E-state index is 13.1. The summed E-state index contributed by atoms with van der Waals surface area (Å²) < 4.78 is 47.1. The molecule has 5 rings (SSSR count). The number of hydrogen-bond donors (Lipinski definition) is 2. The fourth-order valence-electron chi connectivity index (χ4n) is 5.47. The number of nitrogens with zero attached hydrogens (tertiary/aromatic N) is 3. The molecule has 10 heteroatoms. The highest BCUT2D eigenvalue weighted by molar-refractivity contribution is 6.08. The van der Waals surface area contributed by atoms with E-state index in [0.717, 1.165) is 63.1 Å². The molecule has 1 aliphatic rings. The lowest BCUT2D eigenvalue weighted by atomic mass is 10.1. The number of pyridine rings is 1. The van der Waals surface area contributed by atoms with Crippen LogP contribution in [0, 0.1) is 0 Å². The second-order valence-electron chi connectivity index (χ2n) is 11.0. The average Bonchev–Trinajstić information content (AvgIpc) is 3.58. The molecule has 0 bridgehead atoms. The first-order valence-electron chi connectivity index (χ1n) is 14.2. The highest BCUT2D eigenvalue weighted by Gasteiger charge is 2.31. The van der Waals surface area contributed by atoms with Gasteiger partial charge in [-0.1, -0.05) is 6.07 Å². The Bertz CT molecular complexity index is 1520. The van der Waals surface area contributed by atoms with Crippen molar-refractivity contribution in [2.45, 2.75) is 50.8 Å². The fraction of sp³-hybridized carbons (Fsp3) is 0.375. The monoisotopic (exact) mass is 580 g/mol. The highest BCUT2D eigenvalue weighted by Crippen LogP contribution is 2.38. The minimum Gasteiger partial charge on any atom is -0.490 e. The zero-order valence-electron chi connectivity index (χ0n) is 23.7. The van der Waals surface area contributed by atoms with Crippen LogP contribution in [0.4, 0.5) is 18.9 Å². The van der Waals surface area contributed by atoms with Gasteiger partial charge in [-0.05, 0) is 108 Å². The zero-order valence-corrected chi connectivity index (χ0v) is 23.7. The smallest absolute Gasteiger partial charge is 0.417 e. The van der Waals surface area contributed by atoms with Crippen molar-refractivity contribution in [2.24, 2.45) is 0 Å². The Hall–Kier alpha value is -4.05. The standard InChI is InChI=1S/C32H35F3N4O3/c1-38(2)18-6-5-17-36-29-26-19-21(27-15-10-22(20-37-27)32(33,34)35)9-16-28(26)39(30(29)31(40)41)23-11-13-25(14-12-23)42-24-7-3-4-8-24/h9-16,19-20,24,36H,3-8,17-18H2,1-2H3,(H,40,41). The minimum absolute atomic E-state index is 0.0830. The molecule has 7 nitrogen and oxygen atoms in total. The van der Waals surface area contributed by atoms with Crippen molar-refractivity contribution in [3.8, 4) is 22.7 Å². The summed E-state index contributed by atoms with van der Waals surface area (Å²) in [6, 6.07) is 15.1. The largest absolute Gasteiger partial charge is 0.490 e. The minimum atomic E-state index is -4.48. The molecule has 2 heterocycles. The predicted octanol–water partition coefficient (Wildman–Crippen LogP) is 7.48. The number of aromatic carboxylic acids is 1. The molecule has 0 radical (unpaired) electrons. The number of carboxylic acid groups (broad SMARTS) is 1. The Kier molecular flexibility index (Phi) is 8.72. The van der Waals surface area contributed by atoms with Crippen LogP contribution in [0.2, 0.25) is 0 Å². The van der Waals surface area contributed by atoms with Crippen LogP contribution in [0.1, 0.15) is 54.6 Å². The van der Waals surface area contributed by atoms with Crippen LogP contribution in [-0.2, 0) is 6.18 Å². The SMILES string of the molecule is CN(C)CCCCNc1c(C(=O)O)n(-c2ccc(OC3CCCC3)cc2)c2ccc(-c3ccc(C(F)(F)F)cn3)cc12. The van der Waals surface area contributed by atoms with Crippen LogP contribution in [0.5, 0.6) is 5.75 Å². The van der Waals surface area contributed by atoms with E-state index in [1.54, 1.807) is 22.8 Å². The van der Waals surface area contributed by atoms with Gasteiger partial charge in [-0.2, -0.15) is 13.2 Å². The number of hydrogen-bond acceptors (Lipinski definition) is 5. The number of ether oxygens (including phenoxy) is 1. The van der Waals surface area contributed by atoms with Gasteiger partial charge in [-0.3, -0.25) is 4.98 Å². The van der Waals surface area contributed by atoms with E-state index in [0.29, 0.717) is 40.1 Å². The van der Waals surface area contributed by atoms with Gasteiger partial charge in [0.15, 0.2) is 5.69 Å². The lowest BCUT2D eigenvalue weighted by molar-refractivity contribution is -0.137. The number of aromatic nitrogens is 2. The molecule has 1 aliphatic carbocycles. The molecule has 0 aliphatic heterocycles. The Morgan fingerprint density at radius 2 is 1.81 bits per heavy atom. The summed E-state index contributed by atoms with van der Waals surface area (Å²) in [5.74, 6) is -0.351. The first-order valence-corrected chi connectivity index (χ1v) is 14.2. The second kappa shape index (κ2) is 12.4. The number of anilines is 1.